The normalized spacial score (nSPS) is 19.1. The molecule has 0 saturated carbocycles. The molecule has 0 saturated heterocycles. The van der Waals surface area contributed by atoms with Crippen LogP contribution < -0.4 is 10.4 Å². The van der Waals surface area contributed by atoms with E-state index in [1.54, 1.807) is 0 Å². The van der Waals surface area contributed by atoms with Gasteiger partial charge in [0.1, 0.15) is 0 Å². The standard InChI is InChI=1S/C15H16N2S/c1-12-11-17(13-6-3-2-4-7-13)16-15(12)10-14-8-5-9-18-14/h2-9,11,15-16H,10H2,1H3. The predicted octanol–water partition coefficient (Wildman–Crippen LogP) is 3.59. The van der Waals surface area contributed by atoms with Gasteiger partial charge in [-0.05, 0) is 36.1 Å². The Hall–Kier alpha value is -1.58. The fourth-order valence-corrected chi connectivity index (χ4v) is 2.93. The van der Waals surface area contributed by atoms with Gasteiger partial charge in [0, 0.05) is 17.5 Å². The molecule has 0 fully saturated rings. The van der Waals surface area contributed by atoms with Gasteiger partial charge >= 0.3 is 0 Å². The van der Waals surface area contributed by atoms with E-state index in [4.69, 9.17) is 0 Å². The summed E-state index contributed by atoms with van der Waals surface area (Å²) in [7, 11) is 0. The molecule has 2 heterocycles. The second kappa shape index (κ2) is 4.96. The maximum Gasteiger partial charge on any atom is 0.0570 e. The van der Waals surface area contributed by atoms with E-state index >= 15 is 0 Å². The Bertz CT molecular complexity index is 531. The molecule has 2 nitrogen and oxygen atoms in total. The van der Waals surface area contributed by atoms with Crippen LogP contribution in [0.5, 0.6) is 0 Å². The number of nitrogens with zero attached hydrogens (tertiary/aromatic N) is 1. The highest BCUT2D eigenvalue weighted by Gasteiger charge is 2.22. The fraction of sp³-hybridized carbons (Fsp3) is 0.200. The van der Waals surface area contributed by atoms with Gasteiger partial charge in [0.15, 0.2) is 0 Å². The zero-order valence-electron chi connectivity index (χ0n) is 10.3. The summed E-state index contributed by atoms with van der Waals surface area (Å²) in [5, 5.41) is 4.26. The number of hydrogen-bond donors (Lipinski definition) is 1. The van der Waals surface area contributed by atoms with Crippen LogP contribution >= 0.6 is 11.3 Å². The smallest absolute Gasteiger partial charge is 0.0570 e. The summed E-state index contributed by atoms with van der Waals surface area (Å²) in [4.78, 5) is 1.43. The van der Waals surface area contributed by atoms with Crippen molar-refractivity contribution in [3.05, 3.63) is 64.5 Å². The summed E-state index contributed by atoms with van der Waals surface area (Å²) in [5.74, 6) is 0. The molecule has 92 valence electrons. The van der Waals surface area contributed by atoms with E-state index < -0.39 is 0 Å². The van der Waals surface area contributed by atoms with Gasteiger partial charge in [-0.15, -0.1) is 11.3 Å². The Labute approximate surface area is 112 Å². The first kappa shape index (κ1) is 11.5. The van der Waals surface area contributed by atoms with Crippen LogP contribution in [0.25, 0.3) is 0 Å². The molecule has 1 N–H and O–H groups in total. The van der Waals surface area contributed by atoms with E-state index in [1.807, 2.05) is 17.4 Å². The van der Waals surface area contributed by atoms with Gasteiger partial charge in [0.25, 0.3) is 0 Å². The van der Waals surface area contributed by atoms with Crippen molar-refractivity contribution in [2.45, 2.75) is 19.4 Å². The topological polar surface area (TPSA) is 15.3 Å². The molecule has 2 aromatic rings. The van der Waals surface area contributed by atoms with Crippen LogP contribution in [-0.4, -0.2) is 6.04 Å². The summed E-state index contributed by atoms with van der Waals surface area (Å²) in [6.45, 7) is 2.19. The molecule has 0 radical (unpaired) electrons. The third-order valence-electron chi connectivity index (χ3n) is 3.20. The molecule has 3 heteroatoms. The third-order valence-corrected chi connectivity index (χ3v) is 4.10. The second-order valence-electron chi connectivity index (χ2n) is 4.54. The molecule has 1 unspecified atom stereocenters. The Balaban J connectivity index is 1.73. The summed E-state index contributed by atoms with van der Waals surface area (Å²) in [6.07, 6.45) is 3.25. The highest BCUT2D eigenvalue weighted by atomic mass is 32.1. The molecular weight excluding hydrogens is 240 g/mol. The first-order chi connectivity index (χ1) is 8.83. The molecular formula is C15H16N2S. The lowest BCUT2D eigenvalue weighted by atomic mass is 10.1. The molecule has 0 aliphatic carbocycles. The maximum absolute atomic E-state index is 3.54. The van der Waals surface area contributed by atoms with Crippen LogP contribution in [0.2, 0.25) is 0 Å². The zero-order valence-corrected chi connectivity index (χ0v) is 11.2. The molecule has 1 aliphatic rings. The highest BCUT2D eigenvalue weighted by molar-refractivity contribution is 7.09. The third kappa shape index (κ3) is 2.33. The molecule has 0 amide bonds. The number of benzene rings is 1. The van der Waals surface area contributed by atoms with Gasteiger partial charge in [-0.2, -0.15) is 0 Å². The van der Waals surface area contributed by atoms with Gasteiger partial charge in [-0.25, -0.2) is 5.43 Å². The van der Waals surface area contributed by atoms with Crippen molar-refractivity contribution in [3.8, 4) is 0 Å². The first-order valence-corrected chi connectivity index (χ1v) is 7.02. The number of thiophene rings is 1. The van der Waals surface area contributed by atoms with Gasteiger partial charge in [-0.1, -0.05) is 24.3 Å². The number of hydrazine groups is 1. The van der Waals surface area contributed by atoms with E-state index in [0.29, 0.717) is 6.04 Å². The lowest BCUT2D eigenvalue weighted by Gasteiger charge is -2.19. The van der Waals surface area contributed by atoms with Crippen molar-refractivity contribution in [1.82, 2.24) is 5.43 Å². The van der Waals surface area contributed by atoms with Crippen LogP contribution in [0.4, 0.5) is 5.69 Å². The van der Waals surface area contributed by atoms with Crippen molar-refractivity contribution in [1.29, 1.82) is 0 Å². The molecule has 0 bridgehead atoms. The first-order valence-electron chi connectivity index (χ1n) is 6.14. The van der Waals surface area contributed by atoms with Gasteiger partial charge in [0.2, 0.25) is 0 Å². The van der Waals surface area contributed by atoms with Crippen LogP contribution in [0.15, 0.2) is 59.6 Å². The number of anilines is 1. The minimum atomic E-state index is 0.406. The lowest BCUT2D eigenvalue weighted by Crippen LogP contribution is -2.37. The summed E-state index contributed by atoms with van der Waals surface area (Å²) in [6, 6.07) is 15.1. The fourth-order valence-electron chi connectivity index (χ4n) is 2.17. The van der Waals surface area contributed by atoms with Crippen molar-refractivity contribution in [3.63, 3.8) is 0 Å². The van der Waals surface area contributed by atoms with Gasteiger partial charge in [-0.3, -0.25) is 5.01 Å². The van der Waals surface area contributed by atoms with E-state index in [-0.39, 0.29) is 0 Å². The van der Waals surface area contributed by atoms with Crippen LogP contribution in [-0.2, 0) is 6.42 Å². The van der Waals surface area contributed by atoms with E-state index in [1.165, 1.54) is 16.1 Å². The van der Waals surface area contributed by atoms with E-state index in [0.717, 1.165) is 6.42 Å². The molecule has 1 aromatic heterocycles. The SMILES string of the molecule is CC1=CN(c2ccccc2)NC1Cc1cccs1. The van der Waals surface area contributed by atoms with Crippen molar-refractivity contribution in [2.24, 2.45) is 0 Å². The molecule has 18 heavy (non-hydrogen) atoms. The van der Waals surface area contributed by atoms with Crippen molar-refractivity contribution < 1.29 is 0 Å². The monoisotopic (exact) mass is 256 g/mol. The molecule has 1 aromatic carbocycles. The van der Waals surface area contributed by atoms with Crippen LogP contribution in [0.1, 0.15) is 11.8 Å². The minimum absolute atomic E-state index is 0.406. The predicted molar refractivity (Wildman–Crippen MR) is 77.6 cm³/mol. The number of rotatable bonds is 3. The Kier molecular flexibility index (Phi) is 3.17. The number of para-hydroxylation sites is 1. The summed E-state index contributed by atoms with van der Waals surface area (Å²) in [5.41, 5.74) is 6.11. The average molecular weight is 256 g/mol. The number of hydrogen-bond acceptors (Lipinski definition) is 3. The van der Waals surface area contributed by atoms with E-state index in [9.17, 15) is 0 Å². The second-order valence-corrected chi connectivity index (χ2v) is 5.58. The highest BCUT2D eigenvalue weighted by Crippen LogP contribution is 2.23. The average Bonchev–Trinajstić information content (AvgIpc) is 3.02. The molecule has 3 rings (SSSR count). The van der Waals surface area contributed by atoms with E-state index in [2.05, 4.69) is 65.3 Å². The quantitative estimate of drug-likeness (QED) is 0.903. The Morgan fingerprint density at radius 3 is 2.72 bits per heavy atom. The number of nitrogens with one attached hydrogen (secondary N) is 1. The van der Waals surface area contributed by atoms with Crippen molar-refractivity contribution >= 4 is 17.0 Å². The summed E-state index contributed by atoms with van der Waals surface area (Å²) < 4.78 is 0. The molecule has 1 aliphatic heterocycles. The van der Waals surface area contributed by atoms with Crippen LogP contribution in [0.3, 0.4) is 0 Å². The Morgan fingerprint density at radius 1 is 1.17 bits per heavy atom. The maximum atomic E-state index is 3.54. The lowest BCUT2D eigenvalue weighted by molar-refractivity contribution is 0.618. The Morgan fingerprint density at radius 2 is 2.00 bits per heavy atom. The zero-order chi connectivity index (χ0) is 12.4. The molecule has 0 spiro atoms. The van der Waals surface area contributed by atoms with Crippen LogP contribution in [0, 0.1) is 0 Å². The molecule has 1 atom stereocenters. The van der Waals surface area contributed by atoms with Gasteiger partial charge < -0.3 is 0 Å². The van der Waals surface area contributed by atoms with Crippen molar-refractivity contribution in [2.75, 3.05) is 5.01 Å². The summed E-state index contributed by atoms with van der Waals surface area (Å²) >= 11 is 1.82. The minimum Gasteiger partial charge on any atom is -0.284 e. The largest absolute Gasteiger partial charge is 0.284 e. The van der Waals surface area contributed by atoms with Gasteiger partial charge in [0.05, 0.1) is 11.7 Å².